The molecule has 0 saturated heterocycles. The van der Waals surface area contributed by atoms with Crippen molar-refractivity contribution in [3.63, 3.8) is 0 Å². The molecule has 0 atom stereocenters. The second kappa shape index (κ2) is 6.28. The lowest BCUT2D eigenvalue weighted by molar-refractivity contribution is 0.289. The summed E-state index contributed by atoms with van der Waals surface area (Å²) in [5, 5.41) is 0. The zero-order valence-electron chi connectivity index (χ0n) is 10.2. The summed E-state index contributed by atoms with van der Waals surface area (Å²) in [6.45, 7) is 12.4. The van der Waals surface area contributed by atoms with E-state index < -0.39 is 10.0 Å². The van der Waals surface area contributed by atoms with Crippen molar-refractivity contribution in [2.75, 3.05) is 12.3 Å². The molecule has 0 radical (unpaired) electrons. The molecule has 90 valence electrons. The van der Waals surface area contributed by atoms with E-state index in [2.05, 4.69) is 39.0 Å². The first kappa shape index (κ1) is 14.6. The van der Waals surface area contributed by atoms with Crippen molar-refractivity contribution in [1.29, 1.82) is 0 Å². The molecule has 0 aromatic carbocycles. The Hall–Kier alpha value is -0.350. The van der Waals surface area contributed by atoms with E-state index in [0.717, 1.165) is 0 Å². The van der Waals surface area contributed by atoms with Crippen LogP contribution in [0.2, 0.25) is 0 Å². The Labute approximate surface area is 94.0 Å². The maximum Gasteiger partial charge on any atom is 0.215 e. The topological polar surface area (TPSA) is 46.2 Å². The molecule has 0 aliphatic carbocycles. The second-order valence-electron chi connectivity index (χ2n) is 4.57. The van der Waals surface area contributed by atoms with Crippen molar-refractivity contribution in [3.05, 3.63) is 12.7 Å². The van der Waals surface area contributed by atoms with Crippen molar-refractivity contribution in [3.8, 4) is 0 Å². The summed E-state index contributed by atoms with van der Waals surface area (Å²) < 4.78 is 25.4. The van der Waals surface area contributed by atoms with Crippen LogP contribution in [0.4, 0.5) is 0 Å². The van der Waals surface area contributed by atoms with E-state index in [1.54, 1.807) is 0 Å². The van der Waals surface area contributed by atoms with Crippen LogP contribution in [-0.2, 0) is 10.0 Å². The Morgan fingerprint density at radius 2 is 1.67 bits per heavy atom. The minimum atomic E-state index is -3.16. The fourth-order valence-corrected chi connectivity index (χ4v) is 2.55. The third-order valence-corrected chi connectivity index (χ3v) is 3.87. The molecule has 0 bridgehead atoms. The molecule has 0 amide bonds. The maximum absolute atomic E-state index is 11.4. The van der Waals surface area contributed by atoms with E-state index in [1.165, 1.54) is 6.08 Å². The highest BCUT2D eigenvalue weighted by molar-refractivity contribution is 7.89. The van der Waals surface area contributed by atoms with Crippen molar-refractivity contribution in [1.82, 2.24) is 4.72 Å². The van der Waals surface area contributed by atoms with Crippen molar-refractivity contribution in [2.45, 2.75) is 27.7 Å². The zero-order chi connectivity index (χ0) is 12.1. The quantitative estimate of drug-likeness (QED) is 0.684. The van der Waals surface area contributed by atoms with E-state index >= 15 is 0 Å². The molecule has 0 aromatic rings. The second-order valence-corrected chi connectivity index (χ2v) is 6.42. The maximum atomic E-state index is 11.4. The van der Waals surface area contributed by atoms with Crippen molar-refractivity contribution >= 4 is 10.0 Å². The lowest BCUT2D eigenvalue weighted by Crippen LogP contribution is -2.34. The van der Waals surface area contributed by atoms with Crippen LogP contribution < -0.4 is 4.72 Å². The van der Waals surface area contributed by atoms with Gasteiger partial charge in [0.1, 0.15) is 0 Å². The van der Waals surface area contributed by atoms with Crippen LogP contribution in [0.15, 0.2) is 12.7 Å². The van der Waals surface area contributed by atoms with E-state index in [4.69, 9.17) is 0 Å². The molecule has 3 nitrogen and oxygen atoms in total. The Morgan fingerprint density at radius 3 is 2.00 bits per heavy atom. The summed E-state index contributed by atoms with van der Waals surface area (Å²) in [5.41, 5.74) is 0. The summed E-state index contributed by atoms with van der Waals surface area (Å²) in [5.74, 6) is 1.34. The van der Waals surface area contributed by atoms with Crippen molar-refractivity contribution < 1.29 is 8.42 Å². The molecule has 0 spiro atoms. The number of nitrogens with one attached hydrogen (secondary N) is 1. The first-order valence-electron chi connectivity index (χ1n) is 5.38. The summed E-state index contributed by atoms with van der Waals surface area (Å²) >= 11 is 0. The third kappa shape index (κ3) is 5.95. The Morgan fingerprint density at radius 1 is 1.20 bits per heavy atom. The largest absolute Gasteiger partial charge is 0.215 e. The van der Waals surface area contributed by atoms with Gasteiger partial charge in [-0.25, -0.2) is 13.1 Å². The standard InChI is InChI=1S/C11H23NO2S/c1-6-7-15(13,14)12-8-11(9(2)3)10(4)5/h6,9-12H,1,7-8H2,2-5H3. The molecule has 0 heterocycles. The SMILES string of the molecule is C=CCS(=O)(=O)NCC(C(C)C)C(C)C. The fourth-order valence-electron chi connectivity index (χ4n) is 1.68. The minimum Gasteiger partial charge on any atom is -0.215 e. The smallest absolute Gasteiger partial charge is 0.215 e. The number of sulfonamides is 1. The van der Waals surface area contributed by atoms with E-state index in [9.17, 15) is 8.42 Å². The molecule has 1 N–H and O–H groups in total. The number of rotatable bonds is 7. The van der Waals surface area contributed by atoms with Crippen LogP contribution in [-0.4, -0.2) is 20.7 Å². The third-order valence-electron chi connectivity index (χ3n) is 2.59. The monoisotopic (exact) mass is 233 g/mol. The van der Waals surface area contributed by atoms with Gasteiger partial charge in [-0.05, 0) is 17.8 Å². The molecule has 0 aliphatic rings. The van der Waals surface area contributed by atoms with Crippen molar-refractivity contribution in [2.24, 2.45) is 17.8 Å². The van der Waals surface area contributed by atoms with E-state index in [0.29, 0.717) is 24.3 Å². The van der Waals surface area contributed by atoms with Crippen LogP contribution in [0.25, 0.3) is 0 Å². The number of hydrogen-bond donors (Lipinski definition) is 1. The van der Waals surface area contributed by atoms with Crippen LogP contribution in [0.1, 0.15) is 27.7 Å². The minimum absolute atomic E-state index is 0.00406. The van der Waals surface area contributed by atoms with Gasteiger partial charge >= 0.3 is 0 Å². The molecular weight excluding hydrogens is 210 g/mol. The van der Waals surface area contributed by atoms with Crippen LogP contribution in [0.5, 0.6) is 0 Å². The molecule has 0 unspecified atom stereocenters. The molecule has 15 heavy (non-hydrogen) atoms. The molecule has 0 rings (SSSR count). The van der Waals surface area contributed by atoms with Gasteiger partial charge in [-0.1, -0.05) is 33.8 Å². The zero-order valence-corrected chi connectivity index (χ0v) is 11.0. The first-order chi connectivity index (χ1) is 6.80. The molecule has 0 fully saturated rings. The van der Waals surface area contributed by atoms with Gasteiger partial charge in [0.05, 0.1) is 5.75 Å². The Bertz CT molecular complexity index is 273. The van der Waals surface area contributed by atoms with Gasteiger partial charge in [0.25, 0.3) is 0 Å². The van der Waals surface area contributed by atoms with Gasteiger partial charge in [-0.3, -0.25) is 0 Å². The summed E-state index contributed by atoms with van der Waals surface area (Å²) in [6, 6.07) is 0. The fraction of sp³-hybridized carbons (Fsp3) is 0.818. The van der Waals surface area contributed by atoms with Gasteiger partial charge in [-0.2, -0.15) is 0 Å². The van der Waals surface area contributed by atoms with Gasteiger partial charge in [-0.15, -0.1) is 6.58 Å². The van der Waals surface area contributed by atoms with Gasteiger partial charge in [0, 0.05) is 6.54 Å². The summed E-state index contributed by atoms with van der Waals surface area (Å²) in [7, 11) is -3.16. The van der Waals surface area contributed by atoms with Gasteiger partial charge < -0.3 is 0 Å². The molecule has 4 heteroatoms. The molecule has 0 aromatic heterocycles. The lowest BCUT2D eigenvalue weighted by atomic mass is 9.86. The van der Waals surface area contributed by atoms with Gasteiger partial charge in [0.2, 0.25) is 10.0 Å². The highest BCUT2D eigenvalue weighted by Gasteiger charge is 2.19. The highest BCUT2D eigenvalue weighted by atomic mass is 32.2. The molecule has 0 aliphatic heterocycles. The predicted molar refractivity (Wildman–Crippen MR) is 65.2 cm³/mol. The Balaban J connectivity index is 4.28. The first-order valence-corrected chi connectivity index (χ1v) is 7.03. The lowest BCUT2D eigenvalue weighted by Gasteiger charge is -2.24. The highest BCUT2D eigenvalue weighted by Crippen LogP contribution is 2.19. The van der Waals surface area contributed by atoms with E-state index in [-0.39, 0.29) is 5.75 Å². The van der Waals surface area contributed by atoms with Gasteiger partial charge in [0.15, 0.2) is 0 Å². The average Bonchev–Trinajstić information content (AvgIpc) is 2.01. The predicted octanol–water partition coefficient (Wildman–Crippen LogP) is 2.02. The summed E-state index contributed by atoms with van der Waals surface area (Å²) in [4.78, 5) is 0. The van der Waals surface area contributed by atoms with E-state index in [1.807, 2.05) is 0 Å². The Kier molecular flexibility index (Phi) is 6.13. The van der Waals surface area contributed by atoms with Crippen LogP contribution in [0, 0.1) is 17.8 Å². The van der Waals surface area contributed by atoms with Crippen LogP contribution in [0.3, 0.4) is 0 Å². The average molecular weight is 233 g/mol. The summed E-state index contributed by atoms with van der Waals surface area (Å²) in [6.07, 6.45) is 1.40. The number of hydrogen-bond acceptors (Lipinski definition) is 2. The molecular formula is C11H23NO2S. The van der Waals surface area contributed by atoms with Crippen LogP contribution >= 0.6 is 0 Å². The normalized spacial score (nSPS) is 12.7. The molecule has 0 saturated carbocycles.